The predicted octanol–water partition coefficient (Wildman–Crippen LogP) is 1.43. The lowest BCUT2D eigenvalue weighted by molar-refractivity contribution is 0.532. The lowest BCUT2D eigenvalue weighted by atomic mass is 10.3. The maximum absolute atomic E-state index is 11.5. The highest BCUT2D eigenvalue weighted by molar-refractivity contribution is 7.99. The van der Waals surface area contributed by atoms with E-state index in [4.69, 9.17) is 5.73 Å². The molecule has 0 bridgehead atoms. The molecule has 2 N–H and O–H groups in total. The molecule has 0 aromatic rings. The molecule has 3 heteroatoms. The molecular weight excluding hydrogens is 137 g/mol. The van der Waals surface area contributed by atoms with Crippen LogP contribution in [-0.2, 0) is 0 Å². The fourth-order valence-electron chi connectivity index (χ4n) is 0.407. The summed E-state index contributed by atoms with van der Waals surface area (Å²) in [5.41, 5.74) is 5.57. The van der Waals surface area contributed by atoms with Crippen LogP contribution in [0.1, 0.15) is 13.3 Å². The molecule has 0 spiro atoms. The highest BCUT2D eigenvalue weighted by Crippen LogP contribution is 2.02. The van der Waals surface area contributed by atoms with Crippen LogP contribution in [0.4, 0.5) is 4.39 Å². The van der Waals surface area contributed by atoms with Gasteiger partial charge in [-0.1, -0.05) is 6.92 Å². The molecule has 0 heterocycles. The molecule has 0 rings (SSSR count). The van der Waals surface area contributed by atoms with Crippen molar-refractivity contribution in [3.63, 3.8) is 0 Å². The number of halogens is 1. The molecule has 0 fully saturated rings. The van der Waals surface area contributed by atoms with Gasteiger partial charge >= 0.3 is 0 Å². The second-order valence-electron chi connectivity index (χ2n) is 1.93. The maximum atomic E-state index is 11.5. The second-order valence-corrected chi connectivity index (χ2v) is 3.08. The summed E-state index contributed by atoms with van der Waals surface area (Å²) in [4.78, 5) is 0. The first kappa shape index (κ1) is 9.24. The lowest BCUT2D eigenvalue weighted by Crippen LogP contribution is -2.21. The summed E-state index contributed by atoms with van der Waals surface area (Å²) >= 11 is 1.59. The SMILES string of the molecule is CC[C@@H](N)CSCCF. The third-order valence-corrected chi connectivity index (χ3v) is 2.18. The Morgan fingerprint density at radius 1 is 1.67 bits per heavy atom. The molecule has 1 atom stereocenters. The molecular formula is C6H14FNS. The van der Waals surface area contributed by atoms with Gasteiger partial charge in [0.2, 0.25) is 0 Å². The molecule has 0 radical (unpaired) electrons. The van der Waals surface area contributed by atoms with Crippen LogP contribution in [0, 0.1) is 0 Å². The molecule has 9 heavy (non-hydrogen) atoms. The fourth-order valence-corrected chi connectivity index (χ4v) is 1.22. The van der Waals surface area contributed by atoms with Gasteiger partial charge in [-0.15, -0.1) is 0 Å². The van der Waals surface area contributed by atoms with Gasteiger partial charge in [-0.25, -0.2) is 0 Å². The number of nitrogens with two attached hydrogens (primary N) is 1. The number of hydrogen-bond donors (Lipinski definition) is 1. The van der Waals surface area contributed by atoms with Crippen LogP contribution in [0.15, 0.2) is 0 Å². The molecule has 0 aliphatic rings. The van der Waals surface area contributed by atoms with Gasteiger partial charge in [0.25, 0.3) is 0 Å². The third kappa shape index (κ3) is 6.12. The average Bonchev–Trinajstić information content (AvgIpc) is 1.89. The normalized spacial score (nSPS) is 13.7. The molecule has 0 aliphatic carbocycles. The minimum Gasteiger partial charge on any atom is -0.327 e. The Morgan fingerprint density at radius 2 is 2.33 bits per heavy atom. The van der Waals surface area contributed by atoms with Crippen molar-refractivity contribution in [1.29, 1.82) is 0 Å². The molecule has 0 aromatic carbocycles. The Balaban J connectivity index is 2.88. The van der Waals surface area contributed by atoms with Gasteiger partial charge < -0.3 is 5.73 Å². The number of thioether (sulfide) groups is 1. The zero-order valence-electron chi connectivity index (χ0n) is 5.77. The summed E-state index contributed by atoms with van der Waals surface area (Å²) in [5.74, 6) is 1.48. The molecule has 0 unspecified atom stereocenters. The van der Waals surface area contributed by atoms with Crippen LogP contribution in [0.25, 0.3) is 0 Å². The third-order valence-electron chi connectivity index (χ3n) is 1.08. The van der Waals surface area contributed by atoms with Crippen molar-refractivity contribution in [2.45, 2.75) is 19.4 Å². The first-order valence-electron chi connectivity index (χ1n) is 3.20. The quantitative estimate of drug-likeness (QED) is 0.601. The van der Waals surface area contributed by atoms with Gasteiger partial charge in [-0.3, -0.25) is 4.39 Å². The van der Waals surface area contributed by atoms with Crippen LogP contribution >= 0.6 is 11.8 Å². The number of alkyl halides is 1. The molecule has 0 saturated heterocycles. The van der Waals surface area contributed by atoms with E-state index in [1.807, 2.05) is 6.92 Å². The van der Waals surface area contributed by atoms with E-state index in [9.17, 15) is 4.39 Å². The van der Waals surface area contributed by atoms with Crippen molar-refractivity contribution >= 4 is 11.8 Å². The van der Waals surface area contributed by atoms with Gasteiger partial charge in [-0.2, -0.15) is 11.8 Å². The Bertz CT molecular complexity index is 61.0. The summed E-state index contributed by atoms with van der Waals surface area (Å²) in [6.07, 6.45) is 0.985. The van der Waals surface area contributed by atoms with E-state index in [0.717, 1.165) is 12.2 Å². The minimum atomic E-state index is -0.235. The summed E-state index contributed by atoms with van der Waals surface area (Å²) in [5, 5.41) is 0. The zero-order chi connectivity index (χ0) is 7.11. The van der Waals surface area contributed by atoms with Gasteiger partial charge in [0.15, 0.2) is 0 Å². The molecule has 0 saturated carbocycles. The van der Waals surface area contributed by atoms with Gasteiger partial charge in [0, 0.05) is 17.5 Å². The van der Waals surface area contributed by atoms with Gasteiger partial charge in [0.05, 0.1) is 6.67 Å². The molecule has 1 nitrogen and oxygen atoms in total. The van der Waals surface area contributed by atoms with Crippen LogP contribution in [0.5, 0.6) is 0 Å². The molecule has 0 aliphatic heterocycles. The van der Waals surface area contributed by atoms with E-state index in [1.165, 1.54) is 0 Å². The Kier molecular flexibility index (Phi) is 6.53. The van der Waals surface area contributed by atoms with Crippen molar-refractivity contribution in [3.8, 4) is 0 Å². The van der Waals surface area contributed by atoms with Crippen molar-refractivity contribution in [1.82, 2.24) is 0 Å². The van der Waals surface area contributed by atoms with E-state index in [1.54, 1.807) is 11.8 Å². The first-order chi connectivity index (χ1) is 4.31. The smallest absolute Gasteiger partial charge is 0.0984 e. The molecule has 0 amide bonds. The van der Waals surface area contributed by atoms with Crippen molar-refractivity contribution in [2.75, 3.05) is 18.2 Å². The van der Waals surface area contributed by atoms with Crippen LogP contribution < -0.4 is 5.73 Å². The Morgan fingerprint density at radius 3 is 2.78 bits per heavy atom. The van der Waals surface area contributed by atoms with Gasteiger partial charge in [-0.05, 0) is 6.42 Å². The average molecular weight is 151 g/mol. The minimum absolute atomic E-state index is 0.235. The van der Waals surface area contributed by atoms with Crippen LogP contribution in [0.3, 0.4) is 0 Å². The summed E-state index contributed by atoms with van der Waals surface area (Å²) in [7, 11) is 0. The highest BCUT2D eigenvalue weighted by Gasteiger charge is 1.96. The Hall–Kier alpha value is 0.240. The highest BCUT2D eigenvalue weighted by atomic mass is 32.2. The van der Waals surface area contributed by atoms with E-state index in [0.29, 0.717) is 5.75 Å². The second kappa shape index (κ2) is 6.36. The topological polar surface area (TPSA) is 26.0 Å². The van der Waals surface area contributed by atoms with Crippen molar-refractivity contribution in [3.05, 3.63) is 0 Å². The molecule has 0 aromatic heterocycles. The number of rotatable bonds is 5. The van der Waals surface area contributed by atoms with Gasteiger partial charge in [0.1, 0.15) is 0 Å². The van der Waals surface area contributed by atoms with E-state index in [-0.39, 0.29) is 12.7 Å². The Labute approximate surface area is 60.2 Å². The van der Waals surface area contributed by atoms with E-state index in [2.05, 4.69) is 0 Å². The first-order valence-corrected chi connectivity index (χ1v) is 4.36. The lowest BCUT2D eigenvalue weighted by Gasteiger charge is -2.05. The van der Waals surface area contributed by atoms with E-state index < -0.39 is 0 Å². The fraction of sp³-hybridized carbons (Fsp3) is 1.00. The van der Waals surface area contributed by atoms with Crippen LogP contribution in [-0.4, -0.2) is 24.2 Å². The predicted molar refractivity (Wildman–Crippen MR) is 41.6 cm³/mol. The monoisotopic (exact) mass is 151 g/mol. The standard InChI is InChI=1S/C6H14FNS/c1-2-6(8)5-9-4-3-7/h6H,2-5,8H2,1H3/t6-/m1/s1. The summed E-state index contributed by atoms with van der Waals surface area (Å²) in [6, 6.07) is 0.251. The van der Waals surface area contributed by atoms with Crippen molar-refractivity contribution in [2.24, 2.45) is 5.73 Å². The van der Waals surface area contributed by atoms with Crippen molar-refractivity contribution < 1.29 is 4.39 Å². The summed E-state index contributed by atoms with van der Waals surface area (Å²) < 4.78 is 11.5. The van der Waals surface area contributed by atoms with E-state index >= 15 is 0 Å². The summed E-state index contributed by atoms with van der Waals surface area (Å²) in [6.45, 7) is 1.81. The van der Waals surface area contributed by atoms with Crippen LogP contribution in [0.2, 0.25) is 0 Å². The zero-order valence-corrected chi connectivity index (χ0v) is 6.59. The maximum Gasteiger partial charge on any atom is 0.0984 e. The number of hydrogen-bond acceptors (Lipinski definition) is 2. The largest absolute Gasteiger partial charge is 0.327 e. The molecule has 56 valence electrons.